The van der Waals surface area contributed by atoms with Crippen molar-refractivity contribution in [1.82, 2.24) is 5.32 Å². The molecule has 0 bridgehead atoms. The summed E-state index contributed by atoms with van der Waals surface area (Å²) in [5, 5.41) is 2.61. The highest BCUT2D eigenvalue weighted by molar-refractivity contribution is 5.86. The first-order valence-electron chi connectivity index (χ1n) is 8.20. The van der Waals surface area contributed by atoms with E-state index in [1.165, 1.54) is 6.92 Å². The lowest BCUT2D eigenvalue weighted by atomic mass is 10.0. The molecule has 1 amide bonds. The zero-order valence-corrected chi connectivity index (χ0v) is 14.7. The quantitative estimate of drug-likeness (QED) is 0.826. The third-order valence-electron chi connectivity index (χ3n) is 3.47. The Balaban J connectivity index is 1.98. The van der Waals surface area contributed by atoms with Gasteiger partial charge in [-0.3, -0.25) is 4.79 Å². The minimum atomic E-state index is -0.753. The molecule has 0 aromatic heterocycles. The SMILES string of the molecule is CC(=O)C(NC(=O)OCc1ccccc1)c1ccc(OC(C)C)cc1. The predicted octanol–water partition coefficient (Wildman–Crippen LogP) is 4.03. The number of carbonyl (C=O) groups excluding carboxylic acids is 2. The topological polar surface area (TPSA) is 64.6 Å². The first-order valence-corrected chi connectivity index (χ1v) is 8.20. The first-order chi connectivity index (χ1) is 12.0. The predicted molar refractivity (Wildman–Crippen MR) is 95.4 cm³/mol. The van der Waals surface area contributed by atoms with E-state index in [1.54, 1.807) is 24.3 Å². The number of hydrogen-bond acceptors (Lipinski definition) is 4. The van der Waals surface area contributed by atoms with Gasteiger partial charge in [-0.2, -0.15) is 0 Å². The molecule has 1 atom stereocenters. The maximum absolute atomic E-state index is 12.0. The molecular formula is C20H23NO4. The highest BCUT2D eigenvalue weighted by Gasteiger charge is 2.20. The normalized spacial score (nSPS) is 11.7. The van der Waals surface area contributed by atoms with Crippen LogP contribution in [0.15, 0.2) is 54.6 Å². The van der Waals surface area contributed by atoms with Crippen LogP contribution in [0.1, 0.15) is 37.9 Å². The Morgan fingerprint density at radius 2 is 1.64 bits per heavy atom. The van der Waals surface area contributed by atoms with Gasteiger partial charge in [-0.25, -0.2) is 4.79 Å². The number of benzene rings is 2. The van der Waals surface area contributed by atoms with Gasteiger partial charge in [0.25, 0.3) is 0 Å². The second kappa shape index (κ2) is 8.87. The molecule has 0 spiro atoms. The van der Waals surface area contributed by atoms with E-state index in [0.717, 1.165) is 5.56 Å². The number of ether oxygens (including phenoxy) is 2. The average Bonchev–Trinajstić information content (AvgIpc) is 2.59. The van der Waals surface area contributed by atoms with E-state index in [2.05, 4.69) is 5.32 Å². The largest absolute Gasteiger partial charge is 0.491 e. The van der Waals surface area contributed by atoms with Gasteiger partial charge in [0, 0.05) is 0 Å². The Morgan fingerprint density at radius 3 is 2.20 bits per heavy atom. The molecule has 132 valence electrons. The molecule has 0 heterocycles. The minimum absolute atomic E-state index is 0.0699. The number of rotatable bonds is 7. The maximum atomic E-state index is 12.0. The summed E-state index contributed by atoms with van der Waals surface area (Å²) < 4.78 is 10.8. The fraction of sp³-hybridized carbons (Fsp3) is 0.300. The van der Waals surface area contributed by atoms with Crippen LogP contribution >= 0.6 is 0 Å². The van der Waals surface area contributed by atoms with E-state index in [0.29, 0.717) is 11.3 Å². The van der Waals surface area contributed by atoms with Crippen molar-refractivity contribution in [3.05, 3.63) is 65.7 Å². The van der Waals surface area contributed by atoms with E-state index >= 15 is 0 Å². The van der Waals surface area contributed by atoms with Crippen LogP contribution in [0.25, 0.3) is 0 Å². The van der Waals surface area contributed by atoms with Gasteiger partial charge in [0.1, 0.15) is 18.4 Å². The van der Waals surface area contributed by atoms with E-state index in [1.807, 2.05) is 44.2 Å². The Morgan fingerprint density at radius 1 is 1.00 bits per heavy atom. The molecule has 0 aliphatic rings. The molecule has 1 N–H and O–H groups in total. The van der Waals surface area contributed by atoms with Crippen molar-refractivity contribution < 1.29 is 19.1 Å². The second-order valence-corrected chi connectivity index (χ2v) is 5.99. The third kappa shape index (κ3) is 5.95. The summed E-state index contributed by atoms with van der Waals surface area (Å²) in [6.07, 6.45) is -0.563. The molecule has 5 heteroatoms. The van der Waals surface area contributed by atoms with Crippen molar-refractivity contribution in [3.63, 3.8) is 0 Å². The number of hydrogen-bond donors (Lipinski definition) is 1. The fourth-order valence-corrected chi connectivity index (χ4v) is 2.31. The van der Waals surface area contributed by atoms with Crippen molar-refractivity contribution in [3.8, 4) is 5.75 Å². The fourth-order valence-electron chi connectivity index (χ4n) is 2.31. The van der Waals surface area contributed by atoms with Gasteiger partial charge in [-0.15, -0.1) is 0 Å². The van der Waals surface area contributed by atoms with E-state index in [9.17, 15) is 9.59 Å². The lowest BCUT2D eigenvalue weighted by molar-refractivity contribution is -0.119. The molecule has 1 unspecified atom stereocenters. The number of alkyl carbamates (subject to hydrolysis) is 1. The monoisotopic (exact) mass is 341 g/mol. The Labute approximate surface area is 148 Å². The highest BCUT2D eigenvalue weighted by Crippen LogP contribution is 2.20. The summed E-state index contributed by atoms with van der Waals surface area (Å²) in [7, 11) is 0. The molecular weight excluding hydrogens is 318 g/mol. The molecule has 0 radical (unpaired) electrons. The zero-order valence-electron chi connectivity index (χ0n) is 14.7. The van der Waals surface area contributed by atoms with Crippen LogP contribution in [0.5, 0.6) is 5.75 Å². The van der Waals surface area contributed by atoms with Crippen LogP contribution in [0.4, 0.5) is 4.79 Å². The van der Waals surface area contributed by atoms with Crippen LogP contribution in [0, 0.1) is 0 Å². The summed E-state index contributed by atoms with van der Waals surface area (Å²) in [6, 6.07) is 15.7. The van der Waals surface area contributed by atoms with Crippen molar-refractivity contribution >= 4 is 11.9 Å². The third-order valence-corrected chi connectivity index (χ3v) is 3.47. The molecule has 2 aromatic rings. The van der Waals surface area contributed by atoms with Gasteiger partial charge in [0.05, 0.1) is 6.10 Å². The second-order valence-electron chi connectivity index (χ2n) is 5.99. The van der Waals surface area contributed by atoms with Gasteiger partial charge in [0.15, 0.2) is 5.78 Å². The molecule has 0 saturated heterocycles. The average molecular weight is 341 g/mol. The lowest BCUT2D eigenvalue weighted by Gasteiger charge is -2.17. The van der Waals surface area contributed by atoms with Crippen LogP contribution in [-0.4, -0.2) is 18.0 Å². The van der Waals surface area contributed by atoms with E-state index in [4.69, 9.17) is 9.47 Å². The first kappa shape index (κ1) is 18.5. The van der Waals surface area contributed by atoms with Crippen molar-refractivity contribution in [1.29, 1.82) is 0 Å². The van der Waals surface area contributed by atoms with Gasteiger partial charge < -0.3 is 14.8 Å². The number of carbonyl (C=O) groups is 2. The zero-order chi connectivity index (χ0) is 18.2. The molecule has 0 saturated carbocycles. The van der Waals surface area contributed by atoms with Crippen LogP contribution in [0.3, 0.4) is 0 Å². The summed E-state index contributed by atoms with van der Waals surface area (Å²) in [6.45, 7) is 5.46. The Bertz CT molecular complexity index is 695. The van der Waals surface area contributed by atoms with Crippen molar-refractivity contribution in [2.45, 2.75) is 39.5 Å². The van der Waals surface area contributed by atoms with E-state index < -0.39 is 12.1 Å². The van der Waals surface area contributed by atoms with Gasteiger partial charge in [0.2, 0.25) is 0 Å². The number of amides is 1. The molecule has 0 fully saturated rings. The number of nitrogens with one attached hydrogen (secondary N) is 1. The lowest BCUT2D eigenvalue weighted by Crippen LogP contribution is -2.33. The Kier molecular flexibility index (Phi) is 6.57. The van der Waals surface area contributed by atoms with E-state index in [-0.39, 0.29) is 18.5 Å². The van der Waals surface area contributed by atoms with Gasteiger partial charge in [-0.1, -0.05) is 42.5 Å². The summed E-state index contributed by atoms with van der Waals surface area (Å²) in [4.78, 5) is 23.9. The van der Waals surface area contributed by atoms with Gasteiger partial charge in [-0.05, 0) is 44.0 Å². The van der Waals surface area contributed by atoms with Crippen LogP contribution in [0.2, 0.25) is 0 Å². The minimum Gasteiger partial charge on any atom is -0.491 e. The molecule has 0 aliphatic carbocycles. The molecule has 2 aromatic carbocycles. The van der Waals surface area contributed by atoms with Crippen molar-refractivity contribution in [2.75, 3.05) is 0 Å². The Hall–Kier alpha value is -2.82. The summed E-state index contributed by atoms with van der Waals surface area (Å²) in [5.74, 6) is 0.543. The van der Waals surface area contributed by atoms with Crippen LogP contribution < -0.4 is 10.1 Å². The molecule has 2 rings (SSSR count). The maximum Gasteiger partial charge on any atom is 0.408 e. The standard InChI is InChI=1S/C20H23NO4/c1-14(2)25-18-11-9-17(10-12-18)19(15(3)22)21-20(23)24-13-16-7-5-4-6-8-16/h4-12,14,19H,13H2,1-3H3,(H,21,23). The number of ketones is 1. The van der Waals surface area contributed by atoms with Crippen molar-refractivity contribution in [2.24, 2.45) is 0 Å². The number of Topliss-reactive ketones (excluding diaryl/α,β-unsaturated/α-hetero) is 1. The van der Waals surface area contributed by atoms with Gasteiger partial charge >= 0.3 is 6.09 Å². The molecule has 5 nitrogen and oxygen atoms in total. The summed E-state index contributed by atoms with van der Waals surface area (Å²) >= 11 is 0. The summed E-state index contributed by atoms with van der Waals surface area (Å²) in [5.41, 5.74) is 1.56. The highest BCUT2D eigenvalue weighted by atomic mass is 16.5. The smallest absolute Gasteiger partial charge is 0.408 e. The van der Waals surface area contributed by atoms with Crippen LogP contribution in [-0.2, 0) is 16.1 Å². The molecule has 0 aliphatic heterocycles. The molecule has 25 heavy (non-hydrogen) atoms.